The maximum atomic E-state index is 11.9. The number of benzene rings is 1. The number of aryl methyl sites for hydroxylation is 1. The minimum absolute atomic E-state index is 0.298. The van der Waals surface area contributed by atoms with Crippen LogP contribution in [0, 0.1) is 6.92 Å². The summed E-state index contributed by atoms with van der Waals surface area (Å²) in [6, 6.07) is 11.0. The minimum atomic E-state index is -0.298. The molecule has 0 aliphatic carbocycles. The molecule has 0 radical (unpaired) electrons. The zero-order valence-electron chi connectivity index (χ0n) is 12.0. The molecule has 5 nitrogen and oxygen atoms in total. The molecule has 0 aliphatic rings. The van der Waals surface area contributed by atoms with Crippen molar-refractivity contribution in [2.24, 2.45) is 5.10 Å². The molecule has 1 N–H and O–H groups in total. The number of carbonyl (C=O) groups is 1. The Kier molecular flexibility index (Phi) is 5.04. The van der Waals surface area contributed by atoms with E-state index in [2.05, 4.69) is 15.5 Å². The molecule has 0 bridgehead atoms. The van der Waals surface area contributed by atoms with Crippen LogP contribution in [0.5, 0.6) is 5.75 Å². The number of pyridine rings is 1. The lowest BCUT2D eigenvalue weighted by Gasteiger charge is -2.05. The maximum absolute atomic E-state index is 11.9. The van der Waals surface area contributed by atoms with Crippen LogP contribution in [0.25, 0.3) is 0 Å². The Balaban J connectivity index is 2.02. The number of hydrazone groups is 1. The number of amides is 1. The summed E-state index contributed by atoms with van der Waals surface area (Å²) in [6.07, 6.45) is 3.08. The highest BCUT2D eigenvalue weighted by molar-refractivity contribution is 5.94. The average Bonchev–Trinajstić information content (AvgIpc) is 2.50. The lowest BCUT2D eigenvalue weighted by atomic mass is 10.2. The highest BCUT2D eigenvalue weighted by Crippen LogP contribution is 2.15. The molecular formula is C16H17N3O2. The largest absolute Gasteiger partial charge is 0.493 e. The van der Waals surface area contributed by atoms with Crippen molar-refractivity contribution in [3.8, 4) is 5.75 Å². The summed E-state index contributed by atoms with van der Waals surface area (Å²) in [7, 11) is 0. The molecular weight excluding hydrogens is 266 g/mol. The zero-order valence-corrected chi connectivity index (χ0v) is 12.0. The van der Waals surface area contributed by atoms with Crippen LogP contribution in [0.15, 0.2) is 47.7 Å². The third-order valence-electron chi connectivity index (χ3n) is 2.76. The van der Waals surface area contributed by atoms with Gasteiger partial charge in [0, 0.05) is 17.5 Å². The summed E-state index contributed by atoms with van der Waals surface area (Å²) in [4.78, 5) is 15.9. The van der Waals surface area contributed by atoms with E-state index >= 15 is 0 Å². The molecule has 0 atom stereocenters. The molecule has 5 heteroatoms. The van der Waals surface area contributed by atoms with Crippen LogP contribution in [-0.4, -0.2) is 23.7 Å². The Morgan fingerprint density at radius 3 is 2.86 bits per heavy atom. The van der Waals surface area contributed by atoms with E-state index in [1.165, 1.54) is 6.20 Å². The quantitative estimate of drug-likeness (QED) is 0.677. The lowest BCUT2D eigenvalue weighted by Crippen LogP contribution is -2.17. The van der Waals surface area contributed by atoms with Crippen molar-refractivity contribution in [1.82, 2.24) is 10.4 Å². The second-order valence-electron chi connectivity index (χ2n) is 4.36. The second kappa shape index (κ2) is 7.19. The van der Waals surface area contributed by atoms with Crippen LogP contribution in [-0.2, 0) is 0 Å². The Morgan fingerprint density at radius 1 is 1.33 bits per heavy atom. The van der Waals surface area contributed by atoms with Crippen molar-refractivity contribution in [1.29, 1.82) is 0 Å². The van der Waals surface area contributed by atoms with Crippen molar-refractivity contribution in [3.05, 3.63) is 59.4 Å². The number of nitrogens with zero attached hydrogens (tertiary/aromatic N) is 2. The molecule has 2 rings (SSSR count). The van der Waals surface area contributed by atoms with Crippen molar-refractivity contribution in [2.45, 2.75) is 13.8 Å². The highest BCUT2D eigenvalue weighted by Gasteiger charge is 2.04. The molecule has 2 aromatic rings. The molecule has 108 valence electrons. The van der Waals surface area contributed by atoms with Crippen molar-refractivity contribution >= 4 is 12.1 Å². The highest BCUT2D eigenvalue weighted by atomic mass is 16.5. The summed E-state index contributed by atoms with van der Waals surface area (Å²) in [5.74, 6) is 0.433. The third-order valence-corrected chi connectivity index (χ3v) is 2.76. The molecule has 0 saturated heterocycles. The molecule has 1 amide bonds. The number of ether oxygens (including phenoxy) is 1. The van der Waals surface area contributed by atoms with E-state index in [0.29, 0.717) is 12.2 Å². The van der Waals surface area contributed by atoms with Crippen LogP contribution >= 0.6 is 0 Å². The Morgan fingerprint density at radius 2 is 2.14 bits per heavy atom. The van der Waals surface area contributed by atoms with Gasteiger partial charge in [0.05, 0.1) is 18.4 Å². The predicted octanol–water partition coefficient (Wildman–Crippen LogP) is 2.55. The van der Waals surface area contributed by atoms with Gasteiger partial charge in [-0.2, -0.15) is 5.10 Å². The van der Waals surface area contributed by atoms with Gasteiger partial charge in [0.15, 0.2) is 0 Å². The Bertz CT molecular complexity index is 636. The van der Waals surface area contributed by atoms with Crippen LogP contribution in [0.2, 0.25) is 0 Å². The summed E-state index contributed by atoms with van der Waals surface area (Å²) >= 11 is 0. The van der Waals surface area contributed by atoms with Gasteiger partial charge < -0.3 is 4.74 Å². The number of hydrogen-bond acceptors (Lipinski definition) is 4. The molecule has 0 unspecified atom stereocenters. The van der Waals surface area contributed by atoms with E-state index in [0.717, 1.165) is 17.0 Å². The van der Waals surface area contributed by atoms with Gasteiger partial charge in [0.2, 0.25) is 0 Å². The van der Waals surface area contributed by atoms with Crippen molar-refractivity contribution in [2.75, 3.05) is 6.61 Å². The maximum Gasteiger partial charge on any atom is 0.272 e. The van der Waals surface area contributed by atoms with E-state index in [-0.39, 0.29) is 5.91 Å². The van der Waals surface area contributed by atoms with Gasteiger partial charge in [-0.25, -0.2) is 5.43 Å². The molecule has 0 fully saturated rings. The second-order valence-corrected chi connectivity index (χ2v) is 4.36. The van der Waals surface area contributed by atoms with Gasteiger partial charge in [-0.15, -0.1) is 0 Å². The van der Waals surface area contributed by atoms with Gasteiger partial charge in [-0.05, 0) is 38.1 Å². The van der Waals surface area contributed by atoms with E-state index in [9.17, 15) is 4.79 Å². The first-order valence-electron chi connectivity index (χ1n) is 6.68. The normalized spacial score (nSPS) is 10.6. The van der Waals surface area contributed by atoms with Crippen molar-refractivity contribution in [3.63, 3.8) is 0 Å². The first kappa shape index (κ1) is 14.7. The summed E-state index contributed by atoms with van der Waals surface area (Å²) in [5.41, 5.74) is 4.61. The molecule has 1 heterocycles. The number of nitrogens with one attached hydrogen (secondary N) is 1. The zero-order chi connectivity index (χ0) is 15.1. The number of carbonyl (C=O) groups excluding carboxylic acids is 1. The summed E-state index contributed by atoms with van der Waals surface area (Å²) in [6.45, 7) is 4.36. The third kappa shape index (κ3) is 4.14. The lowest BCUT2D eigenvalue weighted by molar-refractivity contribution is 0.0954. The SMILES string of the molecule is CCOc1ccccc1/C=N\NC(=O)c1ccc(C)nc1. The van der Waals surface area contributed by atoms with Gasteiger partial charge in [-0.3, -0.25) is 9.78 Å². The van der Waals surface area contributed by atoms with E-state index < -0.39 is 0 Å². The molecule has 0 saturated carbocycles. The number of aromatic nitrogens is 1. The number of hydrogen-bond donors (Lipinski definition) is 1. The molecule has 0 aliphatic heterocycles. The Labute approximate surface area is 123 Å². The topological polar surface area (TPSA) is 63.6 Å². The fourth-order valence-electron chi connectivity index (χ4n) is 1.70. The average molecular weight is 283 g/mol. The molecule has 0 spiro atoms. The molecule has 21 heavy (non-hydrogen) atoms. The van der Waals surface area contributed by atoms with Crippen LogP contribution < -0.4 is 10.2 Å². The van der Waals surface area contributed by atoms with Crippen LogP contribution in [0.4, 0.5) is 0 Å². The number of para-hydroxylation sites is 1. The van der Waals surface area contributed by atoms with Crippen molar-refractivity contribution < 1.29 is 9.53 Å². The molecule has 1 aromatic heterocycles. The summed E-state index contributed by atoms with van der Waals surface area (Å²) in [5, 5.41) is 3.95. The van der Waals surface area contributed by atoms with Gasteiger partial charge in [0.25, 0.3) is 5.91 Å². The van der Waals surface area contributed by atoms with E-state index in [1.807, 2.05) is 38.1 Å². The van der Waals surface area contributed by atoms with Crippen LogP contribution in [0.3, 0.4) is 0 Å². The van der Waals surface area contributed by atoms with Gasteiger partial charge in [-0.1, -0.05) is 12.1 Å². The minimum Gasteiger partial charge on any atom is -0.493 e. The molecule has 1 aromatic carbocycles. The number of rotatable bonds is 5. The fourth-order valence-corrected chi connectivity index (χ4v) is 1.70. The van der Waals surface area contributed by atoms with Gasteiger partial charge >= 0.3 is 0 Å². The first-order chi connectivity index (χ1) is 10.2. The first-order valence-corrected chi connectivity index (χ1v) is 6.68. The Hall–Kier alpha value is -2.69. The van der Waals surface area contributed by atoms with E-state index in [1.54, 1.807) is 18.3 Å². The standard InChI is InChI=1S/C16H17N3O2/c1-3-21-15-7-5-4-6-13(15)11-18-19-16(20)14-9-8-12(2)17-10-14/h4-11H,3H2,1-2H3,(H,19,20)/b18-11-. The van der Waals surface area contributed by atoms with E-state index in [4.69, 9.17) is 4.74 Å². The predicted molar refractivity (Wildman–Crippen MR) is 81.6 cm³/mol. The van der Waals surface area contributed by atoms with Crippen LogP contribution in [0.1, 0.15) is 28.5 Å². The fraction of sp³-hybridized carbons (Fsp3) is 0.188. The summed E-state index contributed by atoms with van der Waals surface area (Å²) < 4.78 is 5.48. The smallest absolute Gasteiger partial charge is 0.272 e. The van der Waals surface area contributed by atoms with Gasteiger partial charge in [0.1, 0.15) is 5.75 Å². The monoisotopic (exact) mass is 283 g/mol.